The van der Waals surface area contributed by atoms with E-state index in [1.807, 2.05) is 24.3 Å². The number of carbonyl (C=O) groups excluding carboxylic acids is 1. The van der Waals surface area contributed by atoms with E-state index in [2.05, 4.69) is 21.2 Å². The third kappa shape index (κ3) is 5.09. The SMILES string of the molecule is Cc1cc([N+](=O)[O-])ccc1NC(=O)CN1CCCN(c2ccccc2C#N)CC1. The molecule has 1 aliphatic rings. The van der Waals surface area contributed by atoms with Crippen LogP contribution in [0.2, 0.25) is 0 Å². The van der Waals surface area contributed by atoms with Crippen molar-refractivity contribution in [1.82, 2.24) is 4.90 Å². The van der Waals surface area contributed by atoms with Crippen LogP contribution in [0, 0.1) is 28.4 Å². The predicted molar refractivity (Wildman–Crippen MR) is 111 cm³/mol. The van der Waals surface area contributed by atoms with Crippen LogP contribution >= 0.6 is 0 Å². The van der Waals surface area contributed by atoms with Gasteiger partial charge >= 0.3 is 0 Å². The van der Waals surface area contributed by atoms with Crippen molar-refractivity contribution in [3.05, 3.63) is 63.7 Å². The van der Waals surface area contributed by atoms with Gasteiger partial charge in [0.15, 0.2) is 0 Å². The first kappa shape index (κ1) is 20.3. The molecule has 2 aromatic rings. The molecule has 29 heavy (non-hydrogen) atoms. The van der Waals surface area contributed by atoms with Crippen LogP contribution in [0.5, 0.6) is 0 Å². The Morgan fingerprint density at radius 2 is 2.00 bits per heavy atom. The van der Waals surface area contributed by atoms with Gasteiger partial charge in [-0.15, -0.1) is 0 Å². The monoisotopic (exact) mass is 393 g/mol. The number of hydrogen-bond donors (Lipinski definition) is 1. The summed E-state index contributed by atoms with van der Waals surface area (Å²) in [6, 6.07) is 14.2. The summed E-state index contributed by atoms with van der Waals surface area (Å²) >= 11 is 0. The van der Waals surface area contributed by atoms with E-state index in [0.29, 0.717) is 23.4 Å². The first-order valence-corrected chi connectivity index (χ1v) is 9.49. The number of hydrogen-bond acceptors (Lipinski definition) is 6. The fourth-order valence-corrected chi connectivity index (χ4v) is 3.51. The molecule has 8 heteroatoms. The number of para-hydroxylation sites is 1. The molecule has 1 N–H and O–H groups in total. The second-order valence-corrected chi connectivity index (χ2v) is 7.05. The van der Waals surface area contributed by atoms with Gasteiger partial charge in [0.1, 0.15) is 6.07 Å². The summed E-state index contributed by atoms with van der Waals surface area (Å²) in [7, 11) is 0. The zero-order valence-corrected chi connectivity index (χ0v) is 16.3. The number of nitro benzene ring substituents is 1. The molecule has 0 saturated carbocycles. The maximum absolute atomic E-state index is 12.5. The van der Waals surface area contributed by atoms with E-state index in [-0.39, 0.29) is 18.1 Å². The predicted octanol–water partition coefficient (Wildman–Crippen LogP) is 2.93. The molecule has 8 nitrogen and oxygen atoms in total. The van der Waals surface area contributed by atoms with E-state index in [4.69, 9.17) is 0 Å². The first-order valence-electron chi connectivity index (χ1n) is 9.49. The maximum Gasteiger partial charge on any atom is 0.269 e. The number of anilines is 2. The van der Waals surface area contributed by atoms with E-state index >= 15 is 0 Å². The molecule has 0 spiro atoms. The Hall–Kier alpha value is -3.44. The van der Waals surface area contributed by atoms with Gasteiger partial charge in [-0.25, -0.2) is 0 Å². The van der Waals surface area contributed by atoms with Crippen LogP contribution in [0.15, 0.2) is 42.5 Å². The van der Waals surface area contributed by atoms with E-state index in [9.17, 15) is 20.2 Å². The highest BCUT2D eigenvalue weighted by Gasteiger charge is 2.19. The highest BCUT2D eigenvalue weighted by atomic mass is 16.6. The van der Waals surface area contributed by atoms with Crippen molar-refractivity contribution in [1.29, 1.82) is 5.26 Å². The molecular formula is C21H23N5O3. The van der Waals surface area contributed by atoms with E-state index in [1.54, 1.807) is 13.0 Å². The number of non-ortho nitro benzene ring substituents is 1. The molecular weight excluding hydrogens is 370 g/mol. The number of rotatable bonds is 5. The third-order valence-electron chi connectivity index (χ3n) is 5.02. The third-order valence-corrected chi connectivity index (χ3v) is 5.02. The van der Waals surface area contributed by atoms with Gasteiger partial charge in [-0.2, -0.15) is 5.26 Å². The summed E-state index contributed by atoms with van der Waals surface area (Å²) in [6.45, 7) is 5.06. The smallest absolute Gasteiger partial charge is 0.269 e. The summed E-state index contributed by atoms with van der Waals surface area (Å²) in [5.41, 5.74) is 2.84. The second-order valence-electron chi connectivity index (χ2n) is 7.05. The molecule has 2 aromatic carbocycles. The van der Waals surface area contributed by atoms with Gasteiger partial charge in [-0.05, 0) is 37.1 Å². The Kier molecular flexibility index (Phi) is 6.42. The summed E-state index contributed by atoms with van der Waals surface area (Å²) < 4.78 is 0. The number of nitrogens with zero attached hydrogens (tertiary/aromatic N) is 4. The van der Waals surface area contributed by atoms with Crippen LogP contribution in [0.3, 0.4) is 0 Å². The van der Waals surface area contributed by atoms with E-state index in [1.165, 1.54) is 12.1 Å². The van der Waals surface area contributed by atoms with Gasteiger partial charge in [-0.3, -0.25) is 19.8 Å². The molecule has 0 bridgehead atoms. The largest absolute Gasteiger partial charge is 0.369 e. The molecule has 0 radical (unpaired) electrons. The molecule has 1 fully saturated rings. The number of nitrogens with one attached hydrogen (secondary N) is 1. The molecule has 1 amide bonds. The van der Waals surface area contributed by atoms with Crippen molar-refractivity contribution in [2.45, 2.75) is 13.3 Å². The minimum atomic E-state index is -0.452. The van der Waals surface area contributed by atoms with E-state index in [0.717, 1.165) is 31.7 Å². The topological polar surface area (TPSA) is 103 Å². The summed E-state index contributed by atoms with van der Waals surface area (Å²) in [5.74, 6) is -0.146. The number of nitro groups is 1. The fraction of sp³-hybridized carbons (Fsp3) is 0.333. The lowest BCUT2D eigenvalue weighted by atomic mass is 10.1. The Labute approximate surface area is 169 Å². The Balaban J connectivity index is 1.58. The number of benzene rings is 2. The lowest BCUT2D eigenvalue weighted by Gasteiger charge is -2.24. The minimum absolute atomic E-state index is 0.00533. The lowest BCUT2D eigenvalue weighted by molar-refractivity contribution is -0.384. The molecule has 3 rings (SSSR count). The highest BCUT2D eigenvalue weighted by molar-refractivity contribution is 5.93. The van der Waals surface area contributed by atoms with Gasteiger partial charge in [0.2, 0.25) is 5.91 Å². The minimum Gasteiger partial charge on any atom is -0.369 e. The molecule has 1 aliphatic heterocycles. The van der Waals surface area contributed by atoms with Crippen LogP contribution in [0.25, 0.3) is 0 Å². The fourth-order valence-electron chi connectivity index (χ4n) is 3.51. The van der Waals surface area contributed by atoms with Crippen molar-refractivity contribution < 1.29 is 9.72 Å². The van der Waals surface area contributed by atoms with Crippen LogP contribution in [-0.2, 0) is 4.79 Å². The average Bonchev–Trinajstić information content (AvgIpc) is 2.94. The van der Waals surface area contributed by atoms with Crippen LogP contribution in [0.1, 0.15) is 17.5 Å². The van der Waals surface area contributed by atoms with Crippen LogP contribution in [0.4, 0.5) is 17.1 Å². The highest BCUT2D eigenvalue weighted by Crippen LogP contribution is 2.22. The van der Waals surface area contributed by atoms with Crippen molar-refractivity contribution in [2.75, 3.05) is 42.9 Å². The molecule has 0 atom stereocenters. The van der Waals surface area contributed by atoms with Gasteiger partial charge < -0.3 is 10.2 Å². The quantitative estimate of drug-likeness (QED) is 0.619. The van der Waals surface area contributed by atoms with Gasteiger partial charge in [0.05, 0.1) is 22.7 Å². The number of aryl methyl sites for hydroxylation is 1. The Bertz CT molecular complexity index is 954. The molecule has 0 aliphatic carbocycles. The van der Waals surface area contributed by atoms with Crippen molar-refractivity contribution in [2.24, 2.45) is 0 Å². The maximum atomic E-state index is 12.5. The van der Waals surface area contributed by atoms with Gasteiger partial charge in [0, 0.05) is 44.0 Å². The summed E-state index contributed by atoms with van der Waals surface area (Å²) in [6.07, 6.45) is 0.892. The molecule has 0 unspecified atom stereocenters. The van der Waals surface area contributed by atoms with Crippen molar-refractivity contribution in [3.8, 4) is 6.07 Å². The van der Waals surface area contributed by atoms with E-state index < -0.39 is 4.92 Å². The molecule has 0 aromatic heterocycles. The van der Waals surface area contributed by atoms with Crippen LogP contribution in [-0.4, -0.2) is 48.5 Å². The number of amides is 1. The summed E-state index contributed by atoms with van der Waals surface area (Å²) in [4.78, 5) is 27.1. The zero-order chi connectivity index (χ0) is 20.8. The zero-order valence-electron chi connectivity index (χ0n) is 16.3. The van der Waals surface area contributed by atoms with Gasteiger partial charge in [-0.1, -0.05) is 12.1 Å². The number of carbonyl (C=O) groups is 1. The lowest BCUT2D eigenvalue weighted by Crippen LogP contribution is -2.36. The molecule has 150 valence electrons. The average molecular weight is 393 g/mol. The summed E-state index contributed by atoms with van der Waals surface area (Å²) in [5, 5.41) is 23.0. The second kappa shape index (κ2) is 9.17. The van der Waals surface area contributed by atoms with Crippen LogP contribution < -0.4 is 10.2 Å². The van der Waals surface area contributed by atoms with Crippen molar-refractivity contribution >= 4 is 23.0 Å². The normalized spacial score (nSPS) is 14.7. The van der Waals surface area contributed by atoms with Gasteiger partial charge in [0.25, 0.3) is 5.69 Å². The first-order chi connectivity index (χ1) is 14.0. The molecule has 1 saturated heterocycles. The molecule has 1 heterocycles. The standard InChI is InChI=1S/C21H23N5O3/c1-16-13-18(26(28)29)7-8-19(16)23-21(27)15-24-9-4-10-25(12-11-24)20-6-3-2-5-17(20)14-22/h2-3,5-8,13H,4,9-12,15H2,1H3,(H,23,27). The Morgan fingerprint density at radius 3 is 2.72 bits per heavy atom. The Morgan fingerprint density at radius 1 is 1.21 bits per heavy atom. The number of nitriles is 1. The van der Waals surface area contributed by atoms with Crippen molar-refractivity contribution in [3.63, 3.8) is 0 Å².